The molecule has 1 heterocycles. The zero-order valence-corrected chi connectivity index (χ0v) is 23.8. The van der Waals surface area contributed by atoms with Crippen molar-refractivity contribution >= 4 is 23.2 Å². The number of benzene rings is 2. The first-order valence-corrected chi connectivity index (χ1v) is 13.7. The van der Waals surface area contributed by atoms with Crippen LogP contribution in [0.25, 0.3) is 0 Å². The molecule has 0 radical (unpaired) electrons. The summed E-state index contributed by atoms with van der Waals surface area (Å²) in [5.74, 6) is -2.53. The maximum atomic E-state index is 15.7. The lowest BCUT2D eigenvalue weighted by Gasteiger charge is -2.40. The number of nitrogens with zero attached hydrogens (tertiary/aromatic N) is 2. The summed E-state index contributed by atoms with van der Waals surface area (Å²) in [7, 11) is 0. The Bertz CT molecular complexity index is 1190. The van der Waals surface area contributed by atoms with Gasteiger partial charge < -0.3 is 20.4 Å². The van der Waals surface area contributed by atoms with Crippen molar-refractivity contribution < 1.29 is 29.2 Å². The summed E-state index contributed by atoms with van der Waals surface area (Å²) < 4.78 is 31.4. The minimum absolute atomic E-state index is 0.0230. The van der Waals surface area contributed by atoms with E-state index >= 15 is 8.78 Å². The monoisotopic (exact) mass is 584 g/mol. The van der Waals surface area contributed by atoms with E-state index in [0.717, 1.165) is 6.07 Å². The minimum Gasteiger partial charge on any atom is -0.396 e. The van der Waals surface area contributed by atoms with E-state index in [1.807, 2.05) is 25.7 Å². The summed E-state index contributed by atoms with van der Waals surface area (Å²) in [6.07, 6.45) is -2.01. The highest BCUT2D eigenvalue weighted by atomic mass is 35.5. The smallest absolute Gasteiger partial charge is 0.145 e. The van der Waals surface area contributed by atoms with E-state index in [1.54, 1.807) is 6.07 Å². The Kier molecular flexibility index (Phi) is 10.4. The Morgan fingerprint density at radius 1 is 1.08 bits per heavy atom. The third-order valence-electron chi connectivity index (χ3n) is 7.65. The molecule has 214 valence electrons. The minimum atomic E-state index is -1.68. The molecule has 2 aromatic rings. The Labute approximate surface area is 238 Å². The zero-order chi connectivity index (χ0) is 29.1. The van der Waals surface area contributed by atoms with E-state index in [-0.39, 0.29) is 52.6 Å². The molecule has 3 rings (SSSR count). The highest BCUT2D eigenvalue weighted by Crippen LogP contribution is 2.56. The first-order valence-electron chi connectivity index (χ1n) is 13.0. The van der Waals surface area contributed by atoms with Gasteiger partial charge in [-0.2, -0.15) is 5.26 Å². The summed E-state index contributed by atoms with van der Waals surface area (Å²) in [5, 5.41) is 51.6. The molecule has 39 heavy (non-hydrogen) atoms. The summed E-state index contributed by atoms with van der Waals surface area (Å²) in [5.41, 5.74) is -1.98. The molecule has 2 aromatic carbocycles. The summed E-state index contributed by atoms with van der Waals surface area (Å²) >= 11 is 12.2. The average Bonchev–Trinajstić information content (AvgIpc) is 3.11. The van der Waals surface area contributed by atoms with Crippen molar-refractivity contribution in [3.63, 3.8) is 0 Å². The molecule has 4 unspecified atom stereocenters. The van der Waals surface area contributed by atoms with E-state index in [4.69, 9.17) is 28.3 Å². The molecule has 4 N–H and O–H groups in total. The average molecular weight is 586 g/mol. The maximum absolute atomic E-state index is 15.7. The summed E-state index contributed by atoms with van der Waals surface area (Å²) in [4.78, 5) is 1.82. The molecule has 0 saturated carbocycles. The van der Waals surface area contributed by atoms with E-state index < -0.39 is 53.9 Å². The van der Waals surface area contributed by atoms with Crippen molar-refractivity contribution in [2.24, 2.45) is 5.41 Å². The summed E-state index contributed by atoms with van der Waals surface area (Å²) in [6, 6.07) is 9.20. The second-order valence-corrected chi connectivity index (χ2v) is 12.3. The van der Waals surface area contributed by atoms with E-state index in [2.05, 4.69) is 6.07 Å². The normalized spacial score (nSPS) is 25.4. The van der Waals surface area contributed by atoms with Gasteiger partial charge in [-0.1, -0.05) is 62.2 Å². The van der Waals surface area contributed by atoms with Crippen LogP contribution in [0.1, 0.15) is 57.1 Å². The van der Waals surface area contributed by atoms with Crippen LogP contribution in [0.15, 0.2) is 36.4 Å². The second-order valence-electron chi connectivity index (χ2n) is 11.4. The van der Waals surface area contributed by atoms with Crippen molar-refractivity contribution in [3.8, 4) is 6.07 Å². The molecule has 10 heteroatoms. The second kappa shape index (κ2) is 12.8. The third-order valence-corrected chi connectivity index (χ3v) is 8.18. The van der Waals surface area contributed by atoms with Crippen molar-refractivity contribution in [2.45, 2.75) is 75.7 Å². The lowest BCUT2D eigenvalue weighted by Crippen LogP contribution is -2.47. The molecule has 6 atom stereocenters. The molecule has 6 nitrogen and oxygen atoms in total. The standard InChI is InChI=1S/C29H36Cl2F2N2O4/c1-28(2,3)14-25-29(16-34,19-8-7-17(30)13-21(19)32)26(18-5-4-6-20(31)27(18)33)22(15-37)35(25)11-9-23(38)24(39)10-12-36/h4-8,13,22-26,36-39H,9-12,14-15H2,1-3H3/t22-,23?,24?,25?,26?,29-/m0/s1. The third kappa shape index (κ3) is 6.41. The Balaban J connectivity index is 2.30. The predicted molar refractivity (Wildman–Crippen MR) is 147 cm³/mol. The van der Waals surface area contributed by atoms with Crippen molar-refractivity contribution in [1.82, 2.24) is 4.90 Å². The number of nitriles is 1. The van der Waals surface area contributed by atoms with Gasteiger partial charge in [0.1, 0.15) is 17.0 Å². The van der Waals surface area contributed by atoms with E-state index in [9.17, 15) is 20.6 Å². The van der Waals surface area contributed by atoms with Gasteiger partial charge in [-0.3, -0.25) is 4.90 Å². The van der Waals surface area contributed by atoms with Gasteiger partial charge in [-0.05, 0) is 48.4 Å². The van der Waals surface area contributed by atoms with Gasteiger partial charge in [-0.15, -0.1) is 0 Å². The fourth-order valence-corrected chi connectivity index (χ4v) is 6.31. The molecule has 0 spiro atoms. The molecule has 1 aliphatic rings. The lowest BCUT2D eigenvalue weighted by molar-refractivity contribution is -0.00984. The van der Waals surface area contributed by atoms with E-state index in [0.29, 0.717) is 6.42 Å². The highest BCUT2D eigenvalue weighted by Gasteiger charge is 2.62. The first kappa shape index (κ1) is 31.7. The van der Waals surface area contributed by atoms with Crippen LogP contribution in [0.5, 0.6) is 0 Å². The summed E-state index contributed by atoms with van der Waals surface area (Å²) in [6.45, 7) is 5.20. The van der Waals surface area contributed by atoms with Crippen LogP contribution in [-0.2, 0) is 5.41 Å². The molecule has 0 aromatic heterocycles. The number of hydrogen-bond acceptors (Lipinski definition) is 6. The molecule has 1 aliphatic heterocycles. The van der Waals surface area contributed by atoms with Crippen LogP contribution in [0.4, 0.5) is 8.78 Å². The van der Waals surface area contributed by atoms with Crippen molar-refractivity contribution in [2.75, 3.05) is 19.8 Å². The number of aliphatic hydroxyl groups is 4. The predicted octanol–water partition coefficient (Wildman–Crippen LogP) is 4.79. The number of aliphatic hydroxyl groups excluding tert-OH is 4. The molecule has 0 aliphatic carbocycles. The Hall–Kier alpha value is -1.83. The van der Waals surface area contributed by atoms with Crippen LogP contribution in [0.2, 0.25) is 10.0 Å². The van der Waals surface area contributed by atoms with Crippen molar-refractivity contribution in [1.29, 1.82) is 5.26 Å². The number of rotatable bonds is 10. The quantitative estimate of drug-likeness (QED) is 0.320. The molecular weight excluding hydrogens is 549 g/mol. The molecule has 1 saturated heterocycles. The molecule has 0 amide bonds. The van der Waals surface area contributed by atoms with Gasteiger partial charge >= 0.3 is 0 Å². The Morgan fingerprint density at radius 3 is 2.31 bits per heavy atom. The van der Waals surface area contributed by atoms with Gasteiger partial charge in [-0.25, -0.2) is 8.78 Å². The van der Waals surface area contributed by atoms with Gasteiger partial charge in [0.05, 0.1) is 29.9 Å². The maximum Gasteiger partial charge on any atom is 0.145 e. The van der Waals surface area contributed by atoms with Crippen LogP contribution < -0.4 is 0 Å². The molecule has 1 fully saturated rings. The fourth-order valence-electron chi connectivity index (χ4n) is 5.97. The van der Waals surface area contributed by atoms with Gasteiger partial charge in [0.25, 0.3) is 0 Å². The largest absolute Gasteiger partial charge is 0.396 e. The topological polar surface area (TPSA) is 108 Å². The van der Waals surface area contributed by atoms with Crippen LogP contribution in [-0.4, -0.2) is 69.4 Å². The SMILES string of the molecule is CC(C)(C)CC1N(CCC(O)C(O)CCO)[C@@H](CO)C(c2cccc(Cl)c2F)[C@@]1(C#N)c1ccc(Cl)cc1F. The van der Waals surface area contributed by atoms with Gasteiger partial charge in [0, 0.05) is 41.7 Å². The number of likely N-dealkylation sites (tertiary alicyclic amines) is 1. The first-order chi connectivity index (χ1) is 18.3. The number of hydrogen-bond donors (Lipinski definition) is 4. The molecular formula is C29H36Cl2F2N2O4. The van der Waals surface area contributed by atoms with Crippen molar-refractivity contribution in [3.05, 3.63) is 69.2 Å². The fraction of sp³-hybridized carbons (Fsp3) is 0.552. The van der Waals surface area contributed by atoms with Crippen LogP contribution >= 0.6 is 23.2 Å². The van der Waals surface area contributed by atoms with Crippen LogP contribution in [0, 0.1) is 28.4 Å². The van der Waals surface area contributed by atoms with Gasteiger partial charge in [0.2, 0.25) is 0 Å². The van der Waals surface area contributed by atoms with Gasteiger partial charge in [0.15, 0.2) is 0 Å². The molecule has 0 bridgehead atoms. The van der Waals surface area contributed by atoms with E-state index in [1.165, 1.54) is 24.3 Å². The van der Waals surface area contributed by atoms with Crippen LogP contribution in [0.3, 0.4) is 0 Å². The Morgan fingerprint density at radius 2 is 1.74 bits per heavy atom. The highest BCUT2D eigenvalue weighted by molar-refractivity contribution is 6.31. The zero-order valence-electron chi connectivity index (χ0n) is 22.3. The lowest BCUT2D eigenvalue weighted by atomic mass is 9.62. The number of halogens is 4.